The van der Waals surface area contributed by atoms with Crippen LogP contribution in [-0.4, -0.2) is 33.5 Å². The third kappa shape index (κ3) is 3.75. The molecule has 3 nitrogen and oxygen atoms in total. The van der Waals surface area contributed by atoms with Crippen molar-refractivity contribution in [3.63, 3.8) is 0 Å². The highest BCUT2D eigenvalue weighted by molar-refractivity contribution is 5.91. The van der Waals surface area contributed by atoms with Crippen molar-refractivity contribution in [2.24, 2.45) is 0 Å². The third-order valence-corrected chi connectivity index (χ3v) is 2.91. The van der Waals surface area contributed by atoms with Crippen molar-refractivity contribution >= 4 is 23.3 Å². The van der Waals surface area contributed by atoms with Gasteiger partial charge in [-0.15, -0.1) is 0 Å². The van der Waals surface area contributed by atoms with Gasteiger partial charge in [0.05, 0.1) is 5.56 Å². The maximum absolute atomic E-state index is 11.4. The second-order valence-corrected chi connectivity index (χ2v) is 6.69. The molecule has 0 unspecified atom stereocenters. The molecule has 0 fully saturated rings. The number of carboxylic acid groups (broad SMARTS) is 1. The molecule has 1 aromatic rings. The van der Waals surface area contributed by atoms with Crippen LogP contribution in [0.2, 0.25) is 0 Å². The molecular formula is C15H25AlO3. The van der Waals surface area contributed by atoms with E-state index in [1.807, 2.05) is 41.5 Å². The summed E-state index contributed by atoms with van der Waals surface area (Å²) in [4.78, 5) is 11.4. The average Bonchev–Trinajstić information content (AvgIpc) is 2.13. The summed E-state index contributed by atoms with van der Waals surface area (Å²) in [6.07, 6.45) is 0. The van der Waals surface area contributed by atoms with E-state index in [4.69, 9.17) is 0 Å². The van der Waals surface area contributed by atoms with Crippen LogP contribution in [0.5, 0.6) is 5.75 Å². The van der Waals surface area contributed by atoms with E-state index in [1.165, 1.54) is 12.1 Å². The molecule has 106 valence electrons. The van der Waals surface area contributed by atoms with Crippen LogP contribution in [0.15, 0.2) is 12.1 Å². The zero-order valence-corrected chi connectivity index (χ0v) is 12.0. The summed E-state index contributed by atoms with van der Waals surface area (Å²) in [6, 6.07) is 2.95. The number of carbonyl (C=O) groups is 1. The van der Waals surface area contributed by atoms with Gasteiger partial charge in [-0.1, -0.05) is 41.5 Å². The first-order valence-corrected chi connectivity index (χ1v) is 6.06. The fraction of sp³-hybridized carbons (Fsp3) is 0.533. The summed E-state index contributed by atoms with van der Waals surface area (Å²) in [5, 5.41) is 19.4. The van der Waals surface area contributed by atoms with E-state index in [1.54, 1.807) is 0 Å². The van der Waals surface area contributed by atoms with Crippen molar-refractivity contribution < 1.29 is 15.0 Å². The first-order chi connectivity index (χ1) is 7.96. The number of rotatable bonds is 1. The highest BCUT2D eigenvalue weighted by Crippen LogP contribution is 2.41. The van der Waals surface area contributed by atoms with Crippen LogP contribution in [0.25, 0.3) is 0 Å². The Bertz CT molecular complexity index is 479. The highest BCUT2D eigenvalue weighted by atomic mass is 27.0. The average molecular weight is 280 g/mol. The number of carboxylic acids is 1. The van der Waals surface area contributed by atoms with E-state index >= 15 is 0 Å². The Morgan fingerprint density at radius 2 is 1.37 bits per heavy atom. The molecule has 0 bridgehead atoms. The van der Waals surface area contributed by atoms with Gasteiger partial charge in [-0.25, -0.2) is 4.79 Å². The van der Waals surface area contributed by atoms with Crippen molar-refractivity contribution in [2.75, 3.05) is 0 Å². The normalized spacial score (nSPS) is 11.9. The summed E-state index contributed by atoms with van der Waals surface area (Å²) in [5.41, 5.74) is 1.05. The van der Waals surface area contributed by atoms with Gasteiger partial charge in [-0.2, -0.15) is 0 Å². The Morgan fingerprint density at radius 3 is 1.68 bits per heavy atom. The minimum atomic E-state index is -0.953. The number of phenolic OH excluding ortho intramolecular Hbond substituents is 1. The van der Waals surface area contributed by atoms with Gasteiger partial charge in [0, 0.05) is 5.56 Å². The number of aromatic hydroxyl groups is 1. The van der Waals surface area contributed by atoms with Crippen LogP contribution in [0, 0.1) is 0 Å². The van der Waals surface area contributed by atoms with Gasteiger partial charge in [0.15, 0.2) is 17.4 Å². The lowest BCUT2D eigenvalue weighted by atomic mass is 9.72. The molecule has 1 rings (SSSR count). The zero-order valence-electron chi connectivity index (χ0n) is 12.0. The second-order valence-electron chi connectivity index (χ2n) is 6.69. The lowest BCUT2D eigenvalue weighted by Gasteiger charge is -2.32. The third-order valence-electron chi connectivity index (χ3n) is 2.91. The molecule has 0 aliphatic carbocycles. The zero-order chi connectivity index (χ0) is 14.3. The summed E-state index contributed by atoms with van der Waals surface area (Å²) < 4.78 is 0. The molecule has 0 heterocycles. The molecule has 1 aromatic carbocycles. The summed E-state index contributed by atoms with van der Waals surface area (Å²) in [5.74, 6) is -0.789. The molecule has 0 aromatic heterocycles. The quantitative estimate of drug-likeness (QED) is 0.777. The summed E-state index contributed by atoms with van der Waals surface area (Å²) in [7, 11) is 0. The van der Waals surface area contributed by atoms with Crippen molar-refractivity contribution in [3.8, 4) is 5.75 Å². The number of hydrogen-bond acceptors (Lipinski definition) is 2. The van der Waals surface area contributed by atoms with Crippen LogP contribution in [0.4, 0.5) is 0 Å². The van der Waals surface area contributed by atoms with Gasteiger partial charge < -0.3 is 10.2 Å². The van der Waals surface area contributed by atoms with Gasteiger partial charge >= 0.3 is 5.97 Å². The standard InChI is InChI=1S/C15H22O3.Al.3H/c1-14(2,3)11-9(13(17)18)7-8-10(16)12(11)15(4,5)6;;;;/h7-8,16H,1-6H3,(H,17,18);;;;. The Balaban J connectivity index is 0.00000324. The monoisotopic (exact) mass is 280 g/mol. The number of benzene rings is 1. The molecule has 0 aliphatic heterocycles. The van der Waals surface area contributed by atoms with Gasteiger partial charge in [-0.05, 0) is 28.5 Å². The molecule has 0 aliphatic rings. The number of phenols is 1. The van der Waals surface area contributed by atoms with Crippen LogP contribution in [0.1, 0.15) is 63.0 Å². The first-order valence-electron chi connectivity index (χ1n) is 6.06. The maximum atomic E-state index is 11.4. The largest absolute Gasteiger partial charge is 0.508 e. The van der Waals surface area contributed by atoms with Crippen molar-refractivity contribution in [3.05, 3.63) is 28.8 Å². The number of aromatic carboxylic acids is 1. The fourth-order valence-corrected chi connectivity index (χ4v) is 2.31. The topological polar surface area (TPSA) is 57.5 Å². The fourth-order valence-electron chi connectivity index (χ4n) is 2.31. The summed E-state index contributed by atoms with van der Waals surface area (Å²) >= 11 is 0. The molecule has 0 radical (unpaired) electrons. The van der Waals surface area contributed by atoms with Gasteiger partial charge in [0.2, 0.25) is 0 Å². The van der Waals surface area contributed by atoms with E-state index in [0.717, 1.165) is 5.56 Å². The molecule has 0 amide bonds. The minimum Gasteiger partial charge on any atom is -0.508 e. The van der Waals surface area contributed by atoms with Gasteiger partial charge in [-0.3, -0.25) is 0 Å². The van der Waals surface area contributed by atoms with E-state index < -0.39 is 5.97 Å². The molecule has 0 saturated carbocycles. The van der Waals surface area contributed by atoms with Crippen LogP contribution < -0.4 is 0 Å². The van der Waals surface area contributed by atoms with Crippen molar-refractivity contribution in [1.29, 1.82) is 0 Å². The van der Waals surface area contributed by atoms with Crippen molar-refractivity contribution in [2.45, 2.75) is 52.4 Å². The molecule has 0 saturated heterocycles. The Kier molecular flexibility index (Phi) is 5.28. The second kappa shape index (κ2) is 5.57. The highest BCUT2D eigenvalue weighted by Gasteiger charge is 2.32. The van der Waals surface area contributed by atoms with E-state index in [-0.39, 0.29) is 39.5 Å². The van der Waals surface area contributed by atoms with E-state index in [0.29, 0.717) is 5.56 Å². The van der Waals surface area contributed by atoms with E-state index in [9.17, 15) is 15.0 Å². The molecule has 2 N–H and O–H groups in total. The Morgan fingerprint density at radius 1 is 0.947 bits per heavy atom. The predicted molar refractivity (Wildman–Crippen MR) is 82.4 cm³/mol. The van der Waals surface area contributed by atoms with Gasteiger partial charge in [0.25, 0.3) is 0 Å². The lowest BCUT2D eigenvalue weighted by molar-refractivity contribution is 0.0694. The minimum absolute atomic E-state index is 0. The molecule has 0 atom stereocenters. The smallest absolute Gasteiger partial charge is 0.335 e. The Labute approximate surface area is 125 Å². The molecule has 4 heteroatoms. The molecule has 0 spiro atoms. The Hall–Kier alpha value is -0.978. The van der Waals surface area contributed by atoms with E-state index in [2.05, 4.69) is 0 Å². The number of hydrogen-bond donors (Lipinski definition) is 2. The predicted octanol–water partition coefficient (Wildman–Crippen LogP) is 2.50. The molecule has 19 heavy (non-hydrogen) atoms. The van der Waals surface area contributed by atoms with Crippen LogP contribution >= 0.6 is 0 Å². The van der Waals surface area contributed by atoms with Crippen LogP contribution in [0.3, 0.4) is 0 Å². The molecular weight excluding hydrogens is 255 g/mol. The SMILES string of the molecule is CC(C)(C)c1c(O)ccc(C(=O)O)c1C(C)(C)C.[AlH3]. The first kappa shape index (κ1) is 18.0. The lowest BCUT2D eigenvalue weighted by Crippen LogP contribution is -2.25. The van der Waals surface area contributed by atoms with Crippen LogP contribution in [-0.2, 0) is 10.8 Å². The maximum Gasteiger partial charge on any atom is 0.335 e. The van der Waals surface area contributed by atoms with Gasteiger partial charge in [0.1, 0.15) is 5.75 Å². The van der Waals surface area contributed by atoms with Crippen molar-refractivity contribution in [1.82, 2.24) is 0 Å². The summed E-state index contributed by atoms with van der Waals surface area (Å²) in [6.45, 7) is 11.8.